The molecule has 21 heavy (non-hydrogen) atoms. The third kappa shape index (κ3) is 3.27. The molecule has 0 atom stereocenters. The first-order valence-electron chi connectivity index (χ1n) is 7.42. The largest absolute Gasteiger partial charge is 0.337 e. The molecule has 0 aliphatic heterocycles. The number of carbonyl (C=O) groups is 1. The standard InChI is InChI=1S/C17H20N2OS/c20-16(19-14-7-2-1-3-8-14)18-13-17(10-4-5-11-17)15-9-6-12-21-15/h1-3,6-9,12H,4-5,10-11,13H2,(H2,18,19,20). The van der Waals surface area contributed by atoms with E-state index in [-0.39, 0.29) is 11.4 Å². The van der Waals surface area contributed by atoms with Gasteiger partial charge in [-0.05, 0) is 36.4 Å². The summed E-state index contributed by atoms with van der Waals surface area (Å²) in [6, 6.07) is 13.7. The Morgan fingerprint density at radius 1 is 1.10 bits per heavy atom. The number of anilines is 1. The summed E-state index contributed by atoms with van der Waals surface area (Å²) in [6.45, 7) is 0.714. The molecular formula is C17H20N2OS. The SMILES string of the molecule is O=C(NCC1(c2cccs2)CCCC1)Nc1ccccc1. The van der Waals surface area contributed by atoms with Gasteiger partial charge in [-0.1, -0.05) is 37.1 Å². The van der Waals surface area contributed by atoms with Crippen LogP contribution in [0.2, 0.25) is 0 Å². The number of para-hydroxylation sites is 1. The molecule has 0 bridgehead atoms. The minimum Gasteiger partial charge on any atom is -0.337 e. The minimum absolute atomic E-state index is 0.121. The van der Waals surface area contributed by atoms with Gasteiger partial charge in [-0.15, -0.1) is 11.3 Å². The van der Waals surface area contributed by atoms with Gasteiger partial charge >= 0.3 is 6.03 Å². The van der Waals surface area contributed by atoms with Crippen LogP contribution in [0.25, 0.3) is 0 Å². The van der Waals surface area contributed by atoms with Crippen molar-refractivity contribution in [1.82, 2.24) is 5.32 Å². The van der Waals surface area contributed by atoms with Gasteiger partial charge in [0.2, 0.25) is 0 Å². The molecule has 110 valence electrons. The van der Waals surface area contributed by atoms with Crippen molar-refractivity contribution >= 4 is 23.1 Å². The summed E-state index contributed by atoms with van der Waals surface area (Å²) in [6.07, 6.45) is 4.83. The number of nitrogens with one attached hydrogen (secondary N) is 2. The molecule has 2 amide bonds. The number of benzene rings is 1. The van der Waals surface area contributed by atoms with Gasteiger partial charge in [-0.2, -0.15) is 0 Å². The first-order valence-corrected chi connectivity index (χ1v) is 8.30. The van der Waals surface area contributed by atoms with Crippen LogP contribution in [0.3, 0.4) is 0 Å². The second-order valence-electron chi connectivity index (χ2n) is 5.64. The van der Waals surface area contributed by atoms with Gasteiger partial charge < -0.3 is 10.6 Å². The predicted molar refractivity (Wildman–Crippen MR) is 87.9 cm³/mol. The quantitative estimate of drug-likeness (QED) is 0.864. The highest BCUT2D eigenvalue weighted by Crippen LogP contribution is 2.42. The van der Waals surface area contributed by atoms with Crippen LogP contribution in [0, 0.1) is 0 Å². The van der Waals surface area contributed by atoms with Gasteiger partial charge in [0, 0.05) is 22.5 Å². The van der Waals surface area contributed by atoms with Gasteiger partial charge in [0.15, 0.2) is 0 Å². The molecule has 1 aliphatic carbocycles. The highest BCUT2D eigenvalue weighted by molar-refractivity contribution is 7.10. The zero-order valence-electron chi connectivity index (χ0n) is 12.0. The van der Waals surface area contributed by atoms with E-state index in [1.54, 1.807) is 11.3 Å². The van der Waals surface area contributed by atoms with Gasteiger partial charge in [0.1, 0.15) is 0 Å². The number of amides is 2. The van der Waals surface area contributed by atoms with E-state index < -0.39 is 0 Å². The molecule has 3 rings (SSSR count). The van der Waals surface area contributed by atoms with Gasteiger partial charge in [-0.25, -0.2) is 4.79 Å². The number of thiophene rings is 1. The van der Waals surface area contributed by atoms with Crippen molar-refractivity contribution in [3.05, 3.63) is 52.7 Å². The van der Waals surface area contributed by atoms with Gasteiger partial charge in [0.25, 0.3) is 0 Å². The molecule has 2 N–H and O–H groups in total. The Morgan fingerprint density at radius 3 is 2.52 bits per heavy atom. The zero-order valence-corrected chi connectivity index (χ0v) is 12.8. The van der Waals surface area contributed by atoms with Gasteiger partial charge in [-0.3, -0.25) is 0 Å². The van der Waals surface area contributed by atoms with Crippen molar-refractivity contribution in [1.29, 1.82) is 0 Å². The fourth-order valence-electron chi connectivity index (χ4n) is 3.09. The molecule has 4 heteroatoms. The highest BCUT2D eigenvalue weighted by Gasteiger charge is 2.36. The van der Waals surface area contributed by atoms with E-state index in [2.05, 4.69) is 28.1 Å². The van der Waals surface area contributed by atoms with E-state index in [9.17, 15) is 4.79 Å². The topological polar surface area (TPSA) is 41.1 Å². The second kappa shape index (κ2) is 6.31. The molecule has 1 fully saturated rings. The molecule has 0 unspecified atom stereocenters. The third-order valence-electron chi connectivity index (χ3n) is 4.22. The van der Waals surface area contributed by atoms with Crippen LogP contribution in [0.5, 0.6) is 0 Å². The fourth-order valence-corrected chi connectivity index (χ4v) is 4.08. The molecule has 0 saturated heterocycles. The normalized spacial score (nSPS) is 16.6. The van der Waals surface area contributed by atoms with Crippen molar-refractivity contribution in [2.75, 3.05) is 11.9 Å². The molecule has 1 saturated carbocycles. The summed E-state index contributed by atoms with van der Waals surface area (Å²) in [5.74, 6) is 0. The minimum atomic E-state index is -0.121. The summed E-state index contributed by atoms with van der Waals surface area (Å²) in [5.41, 5.74) is 0.967. The molecule has 3 nitrogen and oxygen atoms in total. The number of hydrogen-bond acceptors (Lipinski definition) is 2. The van der Waals surface area contributed by atoms with E-state index in [0.717, 1.165) is 5.69 Å². The molecule has 1 heterocycles. The summed E-state index contributed by atoms with van der Waals surface area (Å²) in [5, 5.41) is 8.06. The average Bonchev–Trinajstić information content (AvgIpc) is 3.18. The average molecular weight is 300 g/mol. The Hall–Kier alpha value is -1.81. The number of hydrogen-bond donors (Lipinski definition) is 2. The highest BCUT2D eigenvalue weighted by atomic mass is 32.1. The van der Waals surface area contributed by atoms with Crippen LogP contribution in [-0.2, 0) is 5.41 Å². The van der Waals surface area contributed by atoms with Crippen LogP contribution in [-0.4, -0.2) is 12.6 Å². The van der Waals surface area contributed by atoms with Crippen LogP contribution in [0.15, 0.2) is 47.8 Å². The number of rotatable bonds is 4. The third-order valence-corrected chi connectivity index (χ3v) is 5.34. The van der Waals surface area contributed by atoms with Crippen LogP contribution >= 0.6 is 11.3 Å². The Bertz CT molecular complexity index is 574. The zero-order chi connectivity index (χ0) is 14.5. The van der Waals surface area contributed by atoms with Gasteiger partial charge in [0.05, 0.1) is 0 Å². The lowest BCUT2D eigenvalue weighted by molar-refractivity contribution is 0.248. The van der Waals surface area contributed by atoms with Crippen LogP contribution in [0.4, 0.5) is 10.5 Å². The maximum Gasteiger partial charge on any atom is 0.319 e. The summed E-state index contributed by atoms with van der Waals surface area (Å²) in [7, 11) is 0. The number of carbonyl (C=O) groups excluding carboxylic acids is 1. The first kappa shape index (κ1) is 14.1. The van der Waals surface area contributed by atoms with Crippen molar-refractivity contribution in [3.8, 4) is 0 Å². The lowest BCUT2D eigenvalue weighted by atomic mass is 9.84. The van der Waals surface area contributed by atoms with Crippen LogP contribution in [0.1, 0.15) is 30.6 Å². The summed E-state index contributed by atoms with van der Waals surface area (Å²) < 4.78 is 0. The van der Waals surface area contributed by atoms with E-state index in [1.165, 1.54) is 30.6 Å². The molecule has 0 spiro atoms. The molecule has 2 aromatic rings. The molecule has 1 aliphatic rings. The maximum atomic E-state index is 12.1. The Balaban J connectivity index is 1.61. The van der Waals surface area contributed by atoms with E-state index >= 15 is 0 Å². The smallest absolute Gasteiger partial charge is 0.319 e. The Morgan fingerprint density at radius 2 is 1.86 bits per heavy atom. The monoisotopic (exact) mass is 300 g/mol. The van der Waals surface area contributed by atoms with Crippen LogP contribution < -0.4 is 10.6 Å². The molecule has 0 radical (unpaired) electrons. The lowest BCUT2D eigenvalue weighted by Crippen LogP contribution is -2.40. The lowest BCUT2D eigenvalue weighted by Gasteiger charge is -2.28. The molecular weight excluding hydrogens is 280 g/mol. The van der Waals surface area contributed by atoms with E-state index in [1.807, 2.05) is 30.3 Å². The second-order valence-corrected chi connectivity index (χ2v) is 6.59. The van der Waals surface area contributed by atoms with Crippen molar-refractivity contribution < 1.29 is 4.79 Å². The van der Waals surface area contributed by atoms with Crippen molar-refractivity contribution in [2.45, 2.75) is 31.1 Å². The number of urea groups is 1. The predicted octanol–water partition coefficient (Wildman–Crippen LogP) is 4.38. The Kier molecular flexibility index (Phi) is 4.25. The Labute approximate surface area is 129 Å². The molecule has 1 aromatic heterocycles. The van der Waals surface area contributed by atoms with E-state index in [0.29, 0.717) is 6.54 Å². The fraction of sp³-hybridized carbons (Fsp3) is 0.353. The first-order chi connectivity index (χ1) is 10.3. The molecule has 1 aromatic carbocycles. The van der Waals surface area contributed by atoms with E-state index in [4.69, 9.17) is 0 Å². The summed E-state index contributed by atoms with van der Waals surface area (Å²) in [4.78, 5) is 13.5. The summed E-state index contributed by atoms with van der Waals surface area (Å²) >= 11 is 1.80. The van der Waals surface area contributed by atoms with Crippen molar-refractivity contribution in [2.24, 2.45) is 0 Å². The van der Waals surface area contributed by atoms with Crippen molar-refractivity contribution in [3.63, 3.8) is 0 Å². The maximum absolute atomic E-state index is 12.1.